The molecule has 0 aliphatic heterocycles. The van der Waals surface area contributed by atoms with Crippen molar-refractivity contribution in [2.75, 3.05) is 25.6 Å². The predicted octanol–water partition coefficient (Wildman–Crippen LogP) is 2.85. The number of carbonyl (C=O) groups excluding carboxylic acids is 2. The monoisotopic (exact) mass is 382 g/mol. The minimum atomic E-state index is -4.54. The van der Waals surface area contributed by atoms with Gasteiger partial charge in [0.1, 0.15) is 18.1 Å². The lowest BCUT2D eigenvalue weighted by atomic mass is 10.2. The van der Waals surface area contributed by atoms with Crippen molar-refractivity contribution in [2.24, 2.45) is 0 Å². The molecule has 0 heterocycles. The van der Waals surface area contributed by atoms with Crippen molar-refractivity contribution in [3.8, 4) is 11.5 Å². The standard InChI is InChI=1S/C18H17F3N2O4/c1-26-14-5-7-15(8-6-14)27-10-9-22-16(24)17(25)23-13-4-2-3-12(11-13)18(19,20)21/h2-8,11H,9-10H2,1H3,(H,22,24)(H,23,25). The van der Waals surface area contributed by atoms with Crippen molar-refractivity contribution in [2.45, 2.75) is 6.18 Å². The van der Waals surface area contributed by atoms with Gasteiger partial charge in [0, 0.05) is 5.69 Å². The Hall–Kier alpha value is -3.23. The zero-order chi connectivity index (χ0) is 19.9. The first kappa shape index (κ1) is 20.1. The van der Waals surface area contributed by atoms with Gasteiger partial charge in [-0.25, -0.2) is 0 Å². The van der Waals surface area contributed by atoms with Crippen molar-refractivity contribution in [1.82, 2.24) is 5.32 Å². The van der Waals surface area contributed by atoms with Crippen molar-refractivity contribution >= 4 is 17.5 Å². The molecule has 0 fully saturated rings. The number of hydrogen-bond donors (Lipinski definition) is 2. The molecule has 6 nitrogen and oxygen atoms in total. The third-order valence-electron chi connectivity index (χ3n) is 3.37. The predicted molar refractivity (Wildman–Crippen MR) is 91.6 cm³/mol. The molecule has 0 atom stereocenters. The highest BCUT2D eigenvalue weighted by Crippen LogP contribution is 2.30. The molecule has 0 aliphatic rings. The van der Waals surface area contributed by atoms with Crippen LogP contribution in [0.25, 0.3) is 0 Å². The van der Waals surface area contributed by atoms with Crippen LogP contribution in [-0.2, 0) is 15.8 Å². The summed E-state index contributed by atoms with van der Waals surface area (Å²) in [5.41, 5.74) is -1.05. The average Bonchev–Trinajstić information content (AvgIpc) is 2.65. The number of halogens is 3. The van der Waals surface area contributed by atoms with Crippen molar-refractivity contribution in [3.63, 3.8) is 0 Å². The van der Waals surface area contributed by atoms with Crippen LogP contribution in [0, 0.1) is 0 Å². The fourth-order valence-corrected chi connectivity index (χ4v) is 2.05. The first-order valence-electron chi connectivity index (χ1n) is 7.83. The summed E-state index contributed by atoms with van der Waals surface area (Å²) < 4.78 is 48.3. The number of carbonyl (C=O) groups is 2. The van der Waals surface area contributed by atoms with Crippen LogP contribution >= 0.6 is 0 Å². The third kappa shape index (κ3) is 6.21. The molecule has 0 radical (unpaired) electrons. The molecule has 2 amide bonds. The lowest BCUT2D eigenvalue weighted by molar-refractivity contribution is -0.137. The first-order valence-corrected chi connectivity index (χ1v) is 7.83. The molecule has 2 N–H and O–H groups in total. The highest BCUT2D eigenvalue weighted by molar-refractivity contribution is 6.39. The molecule has 27 heavy (non-hydrogen) atoms. The Bertz CT molecular complexity index is 792. The van der Waals surface area contributed by atoms with Crippen LogP contribution in [-0.4, -0.2) is 32.1 Å². The van der Waals surface area contributed by atoms with Crippen LogP contribution in [0.5, 0.6) is 11.5 Å². The van der Waals surface area contributed by atoms with E-state index in [-0.39, 0.29) is 18.8 Å². The smallest absolute Gasteiger partial charge is 0.416 e. The molecule has 0 aromatic heterocycles. The quantitative estimate of drug-likeness (QED) is 0.595. The maximum atomic E-state index is 12.6. The number of benzene rings is 2. The van der Waals surface area contributed by atoms with Gasteiger partial charge in [0.15, 0.2) is 0 Å². The van der Waals surface area contributed by atoms with Crippen LogP contribution in [0.2, 0.25) is 0 Å². The fourth-order valence-electron chi connectivity index (χ4n) is 2.05. The van der Waals surface area contributed by atoms with Gasteiger partial charge < -0.3 is 20.1 Å². The minimum Gasteiger partial charge on any atom is -0.497 e. The summed E-state index contributed by atoms with van der Waals surface area (Å²) in [4.78, 5) is 23.5. The van der Waals surface area contributed by atoms with Gasteiger partial charge in [-0.1, -0.05) is 6.07 Å². The van der Waals surface area contributed by atoms with Crippen LogP contribution in [0.3, 0.4) is 0 Å². The second-order valence-corrected chi connectivity index (χ2v) is 5.31. The van der Waals surface area contributed by atoms with Crippen LogP contribution in [0.1, 0.15) is 5.56 Å². The first-order chi connectivity index (χ1) is 12.8. The van der Waals surface area contributed by atoms with E-state index in [4.69, 9.17) is 9.47 Å². The van der Waals surface area contributed by atoms with E-state index in [1.54, 1.807) is 24.3 Å². The summed E-state index contributed by atoms with van der Waals surface area (Å²) in [6, 6.07) is 10.8. The Kier molecular flexibility index (Phi) is 6.64. The number of methoxy groups -OCH3 is 1. The molecule has 0 bridgehead atoms. The van der Waals surface area contributed by atoms with E-state index in [1.165, 1.54) is 13.2 Å². The molecule has 0 saturated carbocycles. The van der Waals surface area contributed by atoms with Gasteiger partial charge in [-0.3, -0.25) is 9.59 Å². The van der Waals surface area contributed by atoms with Gasteiger partial charge in [0.2, 0.25) is 0 Å². The van der Waals surface area contributed by atoms with Crippen LogP contribution in [0.4, 0.5) is 18.9 Å². The zero-order valence-electron chi connectivity index (χ0n) is 14.3. The van der Waals surface area contributed by atoms with Crippen molar-refractivity contribution in [3.05, 3.63) is 54.1 Å². The number of ether oxygens (including phenoxy) is 2. The summed E-state index contributed by atoms with van der Waals surface area (Å²) in [5.74, 6) is -0.829. The van der Waals surface area contributed by atoms with E-state index in [0.29, 0.717) is 11.5 Å². The Morgan fingerprint density at radius 3 is 2.30 bits per heavy atom. The van der Waals surface area contributed by atoms with Gasteiger partial charge in [0.25, 0.3) is 0 Å². The zero-order valence-corrected chi connectivity index (χ0v) is 14.3. The fraction of sp³-hybridized carbons (Fsp3) is 0.222. The number of nitrogens with one attached hydrogen (secondary N) is 2. The van der Waals surface area contributed by atoms with Crippen LogP contribution < -0.4 is 20.1 Å². The SMILES string of the molecule is COc1ccc(OCCNC(=O)C(=O)Nc2cccc(C(F)(F)F)c2)cc1. The normalized spacial score (nSPS) is 10.8. The summed E-state index contributed by atoms with van der Waals surface area (Å²) in [6.07, 6.45) is -4.54. The number of alkyl halides is 3. The molecule has 2 aromatic rings. The lowest BCUT2D eigenvalue weighted by Crippen LogP contribution is -2.37. The summed E-state index contributed by atoms with van der Waals surface area (Å²) in [7, 11) is 1.54. The van der Waals surface area contributed by atoms with Gasteiger partial charge in [-0.05, 0) is 42.5 Å². The molecular weight excluding hydrogens is 365 g/mol. The minimum absolute atomic E-state index is 0.0425. The van der Waals surface area contributed by atoms with Gasteiger partial charge in [-0.15, -0.1) is 0 Å². The number of rotatable bonds is 6. The Balaban J connectivity index is 1.77. The maximum absolute atomic E-state index is 12.6. The largest absolute Gasteiger partial charge is 0.497 e. The number of hydrogen-bond acceptors (Lipinski definition) is 4. The highest BCUT2D eigenvalue weighted by Gasteiger charge is 2.30. The van der Waals surface area contributed by atoms with Gasteiger partial charge >= 0.3 is 18.0 Å². The lowest BCUT2D eigenvalue weighted by Gasteiger charge is -2.10. The van der Waals surface area contributed by atoms with E-state index in [1.807, 2.05) is 0 Å². The van der Waals surface area contributed by atoms with E-state index in [0.717, 1.165) is 18.2 Å². The average molecular weight is 382 g/mol. The Labute approximate surface area is 153 Å². The molecule has 0 unspecified atom stereocenters. The van der Waals surface area contributed by atoms with E-state index in [9.17, 15) is 22.8 Å². The topological polar surface area (TPSA) is 76.7 Å². The second-order valence-electron chi connectivity index (χ2n) is 5.31. The van der Waals surface area contributed by atoms with Crippen LogP contribution in [0.15, 0.2) is 48.5 Å². The molecule has 2 rings (SSSR count). The Morgan fingerprint density at radius 1 is 1.00 bits per heavy atom. The van der Waals surface area contributed by atoms with E-state index >= 15 is 0 Å². The highest BCUT2D eigenvalue weighted by atomic mass is 19.4. The number of amides is 2. The van der Waals surface area contributed by atoms with E-state index < -0.39 is 23.6 Å². The van der Waals surface area contributed by atoms with Crippen molar-refractivity contribution in [1.29, 1.82) is 0 Å². The molecule has 0 saturated heterocycles. The summed E-state index contributed by atoms with van der Waals surface area (Å²) >= 11 is 0. The molecule has 9 heteroatoms. The maximum Gasteiger partial charge on any atom is 0.416 e. The Morgan fingerprint density at radius 2 is 1.67 bits per heavy atom. The summed E-state index contributed by atoms with van der Waals surface area (Å²) in [5, 5.41) is 4.44. The molecule has 0 aliphatic carbocycles. The molecule has 144 valence electrons. The van der Waals surface area contributed by atoms with Gasteiger partial charge in [-0.2, -0.15) is 13.2 Å². The second kappa shape index (κ2) is 8.93. The molecule has 2 aromatic carbocycles. The summed E-state index contributed by atoms with van der Waals surface area (Å²) in [6.45, 7) is 0.149. The molecular formula is C18H17F3N2O4. The van der Waals surface area contributed by atoms with Crippen molar-refractivity contribution < 1.29 is 32.2 Å². The third-order valence-corrected chi connectivity index (χ3v) is 3.37. The number of anilines is 1. The van der Waals surface area contributed by atoms with E-state index in [2.05, 4.69) is 10.6 Å². The molecule has 0 spiro atoms. The van der Waals surface area contributed by atoms with Gasteiger partial charge in [0.05, 0.1) is 19.2 Å².